The first-order valence-corrected chi connectivity index (χ1v) is 5.67. The molecule has 14 heavy (non-hydrogen) atoms. The van der Waals surface area contributed by atoms with E-state index in [2.05, 4.69) is 12.2 Å². The van der Waals surface area contributed by atoms with Gasteiger partial charge in [-0.25, -0.2) is 0 Å². The number of hydrogen-bond donors (Lipinski definition) is 1. The van der Waals surface area contributed by atoms with E-state index in [-0.39, 0.29) is 0 Å². The van der Waals surface area contributed by atoms with Crippen molar-refractivity contribution in [3.05, 3.63) is 0 Å². The molecule has 0 amide bonds. The highest BCUT2D eigenvalue weighted by Crippen LogP contribution is 2.16. The molecule has 0 bridgehead atoms. The Kier molecular flexibility index (Phi) is 6.15. The first-order valence-electron chi connectivity index (χ1n) is 5.67. The predicted octanol–water partition coefficient (Wildman–Crippen LogP) is 1.57. The van der Waals surface area contributed by atoms with E-state index in [9.17, 15) is 0 Å². The van der Waals surface area contributed by atoms with Gasteiger partial charge in [0, 0.05) is 26.4 Å². The highest BCUT2D eigenvalue weighted by molar-refractivity contribution is 4.71. The van der Waals surface area contributed by atoms with E-state index in [0.717, 1.165) is 32.6 Å². The minimum atomic E-state index is 0.500. The van der Waals surface area contributed by atoms with Crippen LogP contribution in [0.4, 0.5) is 0 Å². The van der Waals surface area contributed by atoms with Gasteiger partial charge < -0.3 is 14.8 Å². The monoisotopic (exact) mass is 201 g/mol. The summed E-state index contributed by atoms with van der Waals surface area (Å²) in [5, 5.41) is 3.48. The SMILES string of the molecule is COCCCNC(C)CC1CCCO1. The first-order chi connectivity index (χ1) is 6.83. The van der Waals surface area contributed by atoms with Gasteiger partial charge in [-0.3, -0.25) is 0 Å². The normalized spacial score (nSPS) is 24.0. The van der Waals surface area contributed by atoms with Crippen molar-refractivity contribution < 1.29 is 9.47 Å². The Morgan fingerprint density at radius 2 is 2.43 bits per heavy atom. The van der Waals surface area contributed by atoms with Gasteiger partial charge in [0.15, 0.2) is 0 Å². The van der Waals surface area contributed by atoms with Crippen LogP contribution in [0, 0.1) is 0 Å². The third kappa shape index (κ3) is 4.94. The van der Waals surface area contributed by atoms with Gasteiger partial charge in [-0.2, -0.15) is 0 Å². The van der Waals surface area contributed by atoms with Crippen molar-refractivity contribution >= 4 is 0 Å². The fourth-order valence-corrected chi connectivity index (χ4v) is 1.87. The lowest BCUT2D eigenvalue weighted by Crippen LogP contribution is -2.31. The van der Waals surface area contributed by atoms with Crippen molar-refractivity contribution in [2.75, 3.05) is 26.9 Å². The lowest BCUT2D eigenvalue weighted by molar-refractivity contribution is 0.0959. The number of rotatable bonds is 7. The van der Waals surface area contributed by atoms with Gasteiger partial charge in [0.2, 0.25) is 0 Å². The molecule has 1 aliphatic rings. The summed E-state index contributed by atoms with van der Waals surface area (Å²) in [4.78, 5) is 0. The molecule has 0 aliphatic carbocycles. The van der Waals surface area contributed by atoms with Crippen molar-refractivity contribution in [3.8, 4) is 0 Å². The van der Waals surface area contributed by atoms with E-state index in [4.69, 9.17) is 9.47 Å². The van der Waals surface area contributed by atoms with Gasteiger partial charge in [-0.05, 0) is 39.2 Å². The summed E-state index contributed by atoms with van der Waals surface area (Å²) in [7, 11) is 1.75. The molecule has 0 saturated carbocycles. The highest BCUT2D eigenvalue weighted by Gasteiger charge is 2.17. The zero-order chi connectivity index (χ0) is 10.2. The van der Waals surface area contributed by atoms with Crippen molar-refractivity contribution in [3.63, 3.8) is 0 Å². The molecule has 2 unspecified atom stereocenters. The Morgan fingerprint density at radius 1 is 1.57 bits per heavy atom. The molecule has 1 saturated heterocycles. The minimum Gasteiger partial charge on any atom is -0.385 e. The second kappa shape index (κ2) is 7.21. The first kappa shape index (κ1) is 12.0. The smallest absolute Gasteiger partial charge is 0.0590 e. The van der Waals surface area contributed by atoms with Crippen LogP contribution in [0.1, 0.15) is 32.6 Å². The van der Waals surface area contributed by atoms with E-state index in [1.807, 2.05) is 0 Å². The highest BCUT2D eigenvalue weighted by atomic mass is 16.5. The van der Waals surface area contributed by atoms with Crippen LogP contribution < -0.4 is 5.32 Å². The molecule has 1 heterocycles. The summed E-state index contributed by atoms with van der Waals surface area (Å²) in [6, 6.07) is 0.565. The van der Waals surface area contributed by atoms with E-state index < -0.39 is 0 Å². The summed E-state index contributed by atoms with van der Waals surface area (Å²) in [6.07, 6.45) is 5.21. The maximum absolute atomic E-state index is 5.59. The van der Waals surface area contributed by atoms with Gasteiger partial charge in [0.05, 0.1) is 6.10 Å². The van der Waals surface area contributed by atoms with Crippen LogP contribution in [-0.2, 0) is 9.47 Å². The quantitative estimate of drug-likeness (QED) is 0.634. The van der Waals surface area contributed by atoms with Crippen LogP contribution in [-0.4, -0.2) is 39.0 Å². The molecule has 0 radical (unpaired) electrons. The van der Waals surface area contributed by atoms with Gasteiger partial charge >= 0.3 is 0 Å². The lowest BCUT2D eigenvalue weighted by Gasteiger charge is -2.17. The fraction of sp³-hybridized carbons (Fsp3) is 1.00. The van der Waals surface area contributed by atoms with Gasteiger partial charge in [0.25, 0.3) is 0 Å². The summed E-state index contributed by atoms with van der Waals surface area (Å²) >= 11 is 0. The molecule has 3 heteroatoms. The van der Waals surface area contributed by atoms with E-state index in [1.54, 1.807) is 7.11 Å². The average Bonchev–Trinajstić information content (AvgIpc) is 2.65. The zero-order valence-corrected chi connectivity index (χ0v) is 9.42. The fourth-order valence-electron chi connectivity index (χ4n) is 1.87. The molecule has 2 atom stereocenters. The molecule has 0 spiro atoms. The van der Waals surface area contributed by atoms with Crippen LogP contribution in [0.2, 0.25) is 0 Å². The van der Waals surface area contributed by atoms with Crippen molar-refractivity contribution in [1.29, 1.82) is 0 Å². The Morgan fingerprint density at radius 3 is 3.07 bits per heavy atom. The number of hydrogen-bond acceptors (Lipinski definition) is 3. The summed E-state index contributed by atoms with van der Waals surface area (Å²) in [6.45, 7) is 5.08. The summed E-state index contributed by atoms with van der Waals surface area (Å²) in [5.74, 6) is 0. The molecule has 1 aliphatic heterocycles. The zero-order valence-electron chi connectivity index (χ0n) is 9.42. The Balaban J connectivity index is 1.95. The Hall–Kier alpha value is -0.120. The van der Waals surface area contributed by atoms with E-state index in [1.165, 1.54) is 12.8 Å². The molecular formula is C11H23NO2. The lowest BCUT2D eigenvalue weighted by atomic mass is 10.1. The van der Waals surface area contributed by atoms with Gasteiger partial charge in [0.1, 0.15) is 0 Å². The number of methoxy groups -OCH3 is 1. The maximum atomic E-state index is 5.59. The van der Waals surface area contributed by atoms with Gasteiger partial charge in [-0.1, -0.05) is 0 Å². The third-order valence-corrected chi connectivity index (χ3v) is 2.66. The van der Waals surface area contributed by atoms with Gasteiger partial charge in [-0.15, -0.1) is 0 Å². The second-order valence-electron chi connectivity index (χ2n) is 4.07. The summed E-state index contributed by atoms with van der Waals surface area (Å²) < 4.78 is 10.6. The van der Waals surface area contributed by atoms with Crippen molar-refractivity contribution in [2.45, 2.75) is 44.8 Å². The Labute approximate surface area is 87.2 Å². The van der Waals surface area contributed by atoms with Crippen molar-refractivity contribution in [1.82, 2.24) is 5.32 Å². The average molecular weight is 201 g/mol. The molecule has 1 rings (SSSR count). The third-order valence-electron chi connectivity index (χ3n) is 2.66. The molecule has 1 N–H and O–H groups in total. The second-order valence-corrected chi connectivity index (χ2v) is 4.07. The molecular weight excluding hydrogens is 178 g/mol. The largest absolute Gasteiger partial charge is 0.385 e. The molecule has 0 aromatic rings. The number of nitrogens with one attached hydrogen (secondary N) is 1. The van der Waals surface area contributed by atoms with E-state index in [0.29, 0.717) is 12.1 Å². The summed E-state index contributed by atoms with van der Waals surface area (Å²) in [5.41, 5.74) is 0. The topological polar surface area (TPSA) is 30.5 Å². The maximum Gasteiger partial charge on any atom is 0.0590 e. The van der Waals surface area contributed by atoms with Crippen LogP contribution in [0.5, 0.6) is 0 Å². The van der Waals surface area contributed by atoms with E-state index >= 15 is 0 Å². The van der Waals surface area contributed by atoms with Crippen LogP contribution >= 0.6 is 0 Å². The molecule has 3 nitrogen and oxygen atoms in total. The Bertz CT molecular complexity index is 135. The molecule has 1 fully saturated rings. The minimum absolute atomic E-state index is 0.500. The standard InChI is InChI=1S/C11H23NO2/c1-10(12-6-4-7-13-2)9-11-5-3-8-14-11/h10-12H,3-9H2,1-2H3. The molecule has 0 aromatic carbocycles. The predicted molar refractivity (Wildman–Crippen MR) is 57.5 cm³/mol. The molecule has 84 valence electrons. The van der Waals surface area contributed by atoms with Crippen LogP contribution in [0.3, 0.4) is 0 Å². The van der Waals surface area contributed by atoms with Crippen LogP contribution in [0.25, 0.3) is 0 Å². The number of ether oxygens (including phenoxy) is 2. The van der Waals surface area contributed by atoms with Crippen molar-refractivity contribution in [2.24, 2.45) is 0 Å². The molecule has 0 aromatic heterocycles. The van der Waals surface area contributed by atoms with Crippen LogP contribution in [0.15, 0.2) is 0 Å².